The van der Waals surface area contributed by atoms with Crippen LogP contribution in [0.25, 0.3) is 0 Å². The molecule has 0 saturated heterocycles. The molecule has 1 nitrogen and oxygen atoms in total. The Morgan fingerprint density at radius 1 is 1.29 bits per heavy atom. The molecule has 0 aromatic carbocycles. The predicted octanol–water partition coefficient (Wildman–Crippen LogP) is 3.76. The van der Waals surface area contributed by atoms with E-state index in [4.69, 9.17) is 0 Å². The molecule has 1 atom stereocenters. The van der Waals surface area contributed by atoms with Crippen LogP contribution in [0.1, 0.15) is 53.9 Å². The maximum absolute atomic E-state index is 3.61. The Bertz CT molecular complexity index is 153. The van der Waals surface area contributed by atoms with Gasteiger partial charge in [0.1, 0.15) is 0 Å². The first kappa shape index (κ1) is 13.7. The highest BCUT2D eigenvalue weighted by Crippen LogP contribution is 2.21. The number of rotatable bonds is 6. The first-order valence-corrected chi connectivity index (χ1v) is 5.84. The van der Waals surface area contributed by atoms with E-state index in [0.717, 1.165) is 13.0 Å². The average Bonchev–Trinajstić information content (AvgIpc) is 2.08. The molecule has 0 aliphatic carbocycles. The highest BCUT2D eigenvalue weighted by atomic mass is 14.9. The molecule has 1 unspecified atom stereocenters. The predicted molar refractivity (Wildman–Crippen MR) is 65.6 cm³/mol. The minimum Gasteiger partial charge on any atom is -0.314 e. The number of hydrogen-bond donors (Lipinski definition) is 1. The van der Waals surface area contributed by atoms with Crippen molar-refractivity contribution in [3.05, 3.63) is 12.2 Å². The summed E-state index contributed by atoms with van der Waals surface area (Å²) in [6.07, 6.45) is 7.98. The summed E-state index contributed by atoms with van der Waals surface area (Å²) >= 11 is 0. The Morgan fingerprint density at radius 3 is 2.36 bits per heavy atom. The van der Waals surface area contributed by atoms with Crippen molar-refractivity contribution in [2.24, 2.45) is 5.41 Å². The number of nitrogens with one attached hydrogen (secondary N) is 1. The van der Waals surface area contributed by atoms with Gasteiger partial charge in [0.15, 0.2) is 0 Å². The molecule has 1 heteroatoms. The van der Waals surface area contributed by atoms with Gasteiger partial charge in [-0.3, -0.25) is 0 Å². The van der Waals surface area contributed by atoms with Crippen molar-refractivity contribution >= 4 is 0 Å². The van der Waals surface area contributed by atoms with Crippen LogP contribution in [0.4, 0.5) is 0 Å². The summed E-state index contributed by atoms with van der Waals surface area (Å²) in [5.41, 5.74) is 0.439. The van der Waals surface area contributed by atoms with Crippen LogP contribution in [0.3, 0.4) is 0 Å². The second kappa shape index (κ2) is 7.05. The minimum atomic E-state index is 0.439. The zero-order chi connectivity index (χ0) is 11.0. The lowest BCUT2D eigenvalue weighted by molar-refractivity contribution is 0.304. The zero-order valence-corrected chi connectivity index (χ0v) is 10.6. The van der Waals surface area contributed by atoms with Crippen LogP contribution in [-0.4, -0.2) is 12.6 Å². The normalized spacial score (nSPS) is 14.9. The fraction of sp³-hybridized carbons (Fsp3) is 0.846. The third-order valence-corrected chi connectivity index (χ3v) is 2.33. The molecule has 0 aromatic rings. The zero-order valence-electron chi connectivity index (χ0n) is 10.6. The molecule has 14 heavy (non-hydrogen) atoms. The standard InChI is InChI=1S/C13H27N/c1-6-8-9-10-14-12(7-2)11-13(3,4)5/h6,8,12,14H,7,9-11H2,1-5H3. The smallest absolute Gasteiger partial charge is 0.00695 e. The average molecular weight is 197 g/mol. The molecule has 0 bridgehead atoms. The summed E-state index contributed by atoms with van der Waals surface area (Å²) in [6.45, 7) is 12.4. The third-order valence-electron chi connectivity index (χ3n) is 2.33. The van der Waals surface area contributed by atoms with Gasteiger partial charge in [0.25, 0.3) is 0 Å². The molecule has 84 valence electrons. The fourth-order valence-corrected chi connectivity index (χ4v) is 1.64. The fourth-order valence-electron chi connectivity index (χ4n) is 1.64. The summed E-state index contributed by atoms with van der Waals surface area (Å²) in [5.74, 6) is 0. The Kier molecular flexibility index (Phi) is 6.90. The molecule has 0 heterocycles. The van der Waals surface area contributed by atoms with Gasteiger partial charge in [0.2, 0.25) is 0 Å². The lowest BCUT2D eigenvalue weighted by Gasteiger charge is -2.25. The van der Waals surface area contributed by atoms with E-state index in [1.807, 2.05) is 0 Å². The Labute approximate surface area is 90.0 Å². The third kappa shape index (κ3) is 8.31. The van der Waals surface area contributed by atoms with Crippen molar-refractivity contribution in [1.82, 2.24) is 5.32 Å². The van der Waals surface area contributed by atoms with Crippen molar-refractivity contribution in [2.75, 3.05) is 6.54 Å². The van der Waals surface area contributed by atoms with Crippen LogP contribution >= 0.6 is 0 Å². The summed E-state index contributed by atoms with van der Waals surface area (Å²) in [7, 11) is 0. The number of hydrogen-bond acceptors (Lipinski definition) is 1. The number of allylic oxidation sites excluding steroid dienone is 1. The van der Waals surface area contributed by atoms with E-state index in [0.29, 0.717) is 11.5 Å². The maximum Gasteiger partial charge on any atom is 0.00695 e. The van der Waals surface area contributed by atoms with Gasteiger partial charge in [0, 0.05) is 6.04 Å². The van der Waals surface area contributed by atoms with E-state index in [1.165, 1.54) is 12.8 Å². The van der Waals surface area contributed by atoms with E-state index < -0.39 is 0 Å². The molecule has 1 N–H and O–H groups in total. The molecule has 0 aliphatic heterocycles. The van der Waals surface area contributed by atoms with Gasteiger partial charge in [0.05, 0.1) is 0 Å². The Morgan fingerprint density at radius 2 is 1.93 bits per heavy atom. The monoisotopic (exact) mass is 197 g/mol. The molecule has 0 aromatic heterocycles. The van der Waals surface area contributed by atoms with E-state index in [-0.39, 0.29) is 0 Å². The molecule has 0 saturated carbocycles. The van der Waals surface area contributed by atoms with Crippen LogP contribution < -0.4 is 5.32 Å². The van der Waals surface area contributed by atoms with Crippen molar-refractivity contribution in [3.8, 4) is 0 Å². The van der Waals surface area contributed by atoms with Gasteiger partial charge < -0.3 is 5.32 Å². The maximum atomic E-state index is 3.61. The lowest BCUT2D eigenvalue weighted by atomic mass is 9.87. The van der Waals surface area contributed by atoms with Gasteiger partial charge in [-0.05, 0) is 38.1 Å². The topological polar surface area (TPSA) is 12.0 Å². The van der Waals surface area contributed by atoms with E-state index >= 15 is 0 Å². The van der Waals surface area contributed by atoms with E-state index in [2.05, 4.69) is 52.1 Å². The van der Waals surface area contributed by atoms with Crippen molar-refractivity contribution in [1.29, 1.82) is 0 Å². The summed E-state index contributed by atoms with van der Waals surface area (Å²) in [4.78, 5) is 0. The van der Waals surface area contributed by atoms with Gasteiger partial charge in [-0.25, -0.2) is 0 Å². The quantitative estimate of drug-likeness (QED) is 0.505. The summed E-state index contributed by atoms with van der Waals surface area (Å²) in [5, 5.41) is 3.61. The molecule has 0 amide bonds. The molecular formula is C13H27N. The molecule has 0 aliphatic rings. The summed E-state index contributed by atoms with van der Waals surface area (Å²) in [6, 6.07) is 0.681. The van der Waals surface area contributed by atoms with Crippen molar-refractivity contribution in [2.45, 2.75) is 59.9 Å². The molecule has 0 fully saturated rings. The molecule has 0 spiro atoms. The van der Waals surface area contributed by atoms with Crippen LogP contribution in [0.5, 0.6) is 0 Å². The minimum absolute atomic E-state index is 0.439. The largest absolute Gasteiger partial charge is 0.314 e. The molecule has 0 rings (SSSR count). The molecule has 0 radical (unpaired) electrons. The first-order chi connectivity index (χ1) is 6.49. The van der Waals surface area contributed by atoms with Crippen LogP contribution in [-0.2, 0) is 0 Å². The Hall–Kier alpha value is -0.300. The van der Waals surface area contributed by atoms with Gasteiger partial charge >= 0.3 is 0 Å². The van der Waals surface area contributed by atoms with Crippen LogP contribution in [0.15, 0.2) is 12.2 Å². The second-order valence-corrected chi connectivity index (χ2v) is 5.18. The SMILES string of the molecule is CC=CCCNC(CC)CC(C)(C)C. The van der Waals surface area contributed by atoms with Gasteiger partial charge in [-0.2, -0.15) is 0 Å². The van der Waals surface area contributed by atoms with E-state index in [9.17, 15) is 0 Å². The highest BCUT2D eigenvalue weighted by molar-refractivity contribution is 4.79. The van der Waals surface area contributed by atoms with Crippen LogP contribution in [0.2, 0.25) is 0 Å². The lowest BCUT2D eigenvalue weighted by Crippen LogP contribution is -2.32. The van der Waals surface area contributed by atoms with Gasteiger partial charge in [-0.1, -0.05) is 39.8 Å². The van der Waals surface area contributed by atoms with E-state index in [1.54, 1.807) is 0 Å². The van der Waals surface area contributed by atoms with Crippen molar-refractivity contribution in [3.63, 3.8) is 0 Å². The van der Waals surface area contributed by atoms with Gasteiger partial charge in [-0.15, -0.1) is 0 Å². The second-order valence-electron chi connectivity index (χ2n) is 5.18. The first-order valence-electron chi connectivity index (χ1n) is 5.84. The summed E-state index contributed by atoms with van der Waals surface area (Å²) < 4.78 is 0. The van der Waals surface area contributed by atoms with Crippen LogP contribution in [0, 0.1) is 5.41 Å². The molecular weight excluding hydrogens is 170 g/mol. The highest BCUT2D eigenvalue weighted by Gasteiger charge is 2.16. The van der Waals surface area contributed by atoms with Crippen molar-refractivity contribution < 1.29 is 0 Å². The Balaban J connectivity index is 3.69.